The Morgan fingerprint density at radius 3 is 1.74 bits per heavy atom. The summed E-state index contributed by atoms with van der Waals surface area (Å²) in [6.45, 7) is 0. The van der Waals surface area contributed by atoms with Crippen LogP contribution in [0.1, 0.15) is 28.8 Å². The van der Waals surface area contributed by atoms with Crippen molar-refractivity contribution in [2.75, 3.05) is 0 Å². The Labute approximate surface area is 136 Å². The Kier molecular flexibility index (Phi) is 3.65. The smallest absolute Gasteiger partial charge is 0.217 e. The molecule has 23 heavy (non-hydrogen) atoms. The average Bonchev–Trinajstić information content (AvgIpc) is 3.09. The Morgan fingerprint density at radius 1 is 0.609 bits per heavy atom. The Balaban J connectivity index is 1.75. The van der Waals surface area contributed by atoms with Crippen molar-refractivity contribution in [3.8, 4) is 0 Å². The maximum atomic E-state index is 6.25. The first-order chi connectivity index (χ1) is 11.4. The highest BCUT2D eigenvalue weighted by Crippen LogP contribution is 2.40. The van der Waals surface area contributed by atoms with Crippen LogP contribution in [0.3, 0.4) is 0 Å². The molecular weight excluding hydrogens is 282 g/mol. The Bertz CT molecular complexity index is 797. The van der Waals surface area contributed by atoms with E-state index < -0.39 is 0 Å². The summed E-state index contributed by atoms with van der Waals surface area (Å²) in [5, 5.41) is 0. The van der Waals surface area contributed by atoms with Crippen LogP contribution in [0.25, 0.3) is 0 Å². The minimum Gasteiger partial charge on any atom is -0.467 e. The molecule has 1 heterocycles. The van der Waals surface area contributed by atoms with E-state index in [9.17, 15) is 0 Å². The molecule has 0 unspecified atom stereocenters. The second-order valence-corrected chi connectivity index (χ2v) is 5.60. The third-order valence-corrected chi connectivity index (χ3v) is 4.07. The summed E-state index contributed by atoms with van der Waals surface area (Å²) in [6, 6.07) is 30.7. The Hall–Kier alpha value is -2.87. The number of ether oxygens (including phenoxy) is 1. The van der Waals surface area contributed by atoms with E-state index in [1.807, 2.05) is 66.7 Å². The molecule has 3 aromatic carbocycles. The van der Waals surface area contributed by atoms with Gasteiger partial charge in [0.2, 0.25) is 5.90 Å². The number of hydrogen-bond acceptors (Lipinski definition) is 2. The lowest BCUT2D eigenvalue weighted by molar-refractivity contribution is 0.197. The number of benzene rings is 3. The largest absolute Gasteiger partial charge is 0.467 e. The minimum absolute atomic E-state index is 0.0196. The van der Waals surface area contributed by atoms with Crippen LogP contribution in [0, 0.1) is 0 Å². The van der Waals surface area contributed by atoms with Gasteiger partial charge in [0.15, 0.2) is 6.10 Å². The minimum atomic E-state index is -0.0891. The van der Waals surface area contributed by atoms with Gasteiger partial charge in [-0.05, 0) is 23.3 Å². The monoisotopic (exact) mass is 299 g/mol. The Morgan fingerprint density at radius 2 is 1.13 bits per heavy atom. The van der Waals surface area contributed by atoms with Crippen molar-refractivity contribution < 1.29 is 4.74 Å². The van der Waals surface area contributed by atoms with Crippen molar-refractivity contribution in [2.24, 2.45) is 4.99 Å². The lowest BCUT2D eigenvalue weighted by atomic mass is 9.97. The van der Waals surface area contributed by atoms with Gasteiger partial charge in [-0.15, -0.1) is 0 Å². The highest BCUT2D eigenvalue weighted by Gasteiger charge is 2.33. The van der Waals surface area contributed by atoms with Gasteiger partial charge in [0, 0.05) is 5.56 Å². The van der Waals surface area contributed by atoms with Crippen molar-refractivity contribution in [3.63, 3.8) is 0 Å². The summed E-state index contributed by atoms with van der Waals surface area (Å²) in [4.78, 5) is 4.88. The van der Waals surface area contributed by atoms with Crippen LogP contribution in [0.4, 0.5) is 0 Å². The first-order valence-electron chi connectivity index (χ1n) is 7.81. The first kappa shape index (κ1) is 13.8. The zero-order chi connectivity index (χ0) is 15.5. The second kappa shape index (κ2) is 6.09. The molecule has 4 rings (SSSR count). The van der Waals surface area contributed by atoms with Gasteiger partial charge < -0.3 is 4.74 Å². The molecule has 0 radical (unpaired) electrons. The molecule has 0 bridgehead atoms. The molecule has 1 aliphatic heterocycles. The van der Waals surface area contributed by atoms with E-state index in [-0.39, 0.29) is 12.1 Å². The fourth-order valence-corrected chi connectivity index (χ4v) is 2.93. The van der Waals surface area contributed by atoms with Crippen LogP contribution < -0.4 is 0 Å². The third kappa shape index (κ3) is 2.76. The van der Waals surface area contributed by atoms with Crippen molar-refractivity contribution in [2.45, 2.75) is 12.1 Å². The molecule has 0 aliphatic carbocycles. The van der Waals surface area contributed by atoms with Crippen LogP contribution in [0.2, 0.25) is 0 Å². The number of hydrogen-bond donors (Lipinski definition) is 0. The number of aliphatic imine (C=N–C) groups is 1. The highest BCUT2D eigenvalue weighted by molar-refractivity contribution is 5.95. The maximum Gasteiger partial charge on any atom is 0.217 e. The zero-order valence-electron chi connectivity index (χ0n) is 12.7. The van der Waals surface area contributed by atoms with E-state index in [2.05, 4.69) is 24.3 Å². The van der Waals surface area contributed by atoms with E-state index in [4.69, 9.17) is 9.73 Å². The van der Waals surface area contributed by atoms with Crippen LogP contribution >= 0.6 is 0 Å². The standard InChI is InChI=1S/C21H17NO/c1-4-10-16(11-5-1)19-20(17-12-6-2-7-13-17)23-21(22-19)18-14-8-3-9-15-18/h1-15,19-20H/t19-,20-/m1/s1. The maximum absolute atomic E-state index is 6.25. The van der Waals surface area contributed by atoms with E-state index in [1.54, 1.807) is 0 Å². The van der Waals surface area contributed by atoms with E-state index >= 15 is 0 Å². The van der Waals surface area contributed by atoms with Gasteiger partial charge in [-0.25, -0.2) is 4.99 Å². The normalized spacial score (nSPS) is 19.9. The molecule has 2 heteroatoms. The number of nitrogens with zero attached hydrogens (tertiary/aromatic N) is 1. The summed E-state index contributed by atoms with van der Waals surface area (Å²) in [5.74, 6) is 0.716. The van der Waals surface area contributed by atoms with Gasteiger partial charge in [-0.2, -0.15) is 0 Å². The summed E-state index contributed by atoms with van der Waals surface area (Å²) < 4.78 is 6.25. The average molecular weight is 299 g/mol. The highest BCUT2D eigenvalue weighted by atomic mass is 16.5. The quantitative estimate of drug-likeness (QED) is 0.671. The van der Waals surface area contributed by atoms with Crippen LogP contribution in [-0.2, 0) is 4.74 Å². The molecule has 0 saturated carbocycles. The van der Waals surface area contributed by atoms with Crippen molar-refractivity contribution in [3.05, 3.63) is 108 Å². The zero-order valence-corrected chi connectivity index (χ0v) is 12.7. The molecular formula is C21H17NO. The summed E-state index contributed by atoms with van der Waals surface area (Å²) in [6.07, 6.45) is -0.0891. The molecule has 0 fully saturated rings. The summed E-state index contributed by atoms with van der Waals surface area (Å²) in [5.41, 5.74) is 3.34. The van der Waals surface area contributed by atoms with E-state index in [1.165, 1.54) is 5.56 Å². The van der Waals surface area contributed by atoms with Gasteiger partial charge in [-0.1, -0.05) is 78.9 Å². The molecule has 0 N–H and O–H groups in total. The number of rotatable bonds is 3. The topological polar surface area (TPSA) is 21.6 Å². The first-order valence-corrected chi connectivity index (χ1v) is 7.81. The molecule has 112 valence electrons. The lowest BCUT2D eigenvalue weighted by Crippen LogP contribution is -2.09. The third-order valence-electron chi connectivity index (χ3n) is 4.07. The fourth-order valence-electron chi connectivity index (χ4n) is 2.93. The molecule has 0 amide bonds. The summed E-state index contributed by atoms with van der Waals surface area (Å²) >= 11 is 0. The van der Waals surface area contributed by atoms with E-state index in [0.29, 0.717) is 5.90 Å². The fraction of sp³-hybridized carbons (Fsp3) is 0.0952. The molecule has 0 saturated heterocycles. The van der Waals surface area contributed by atoms with Gasteiger partial charge >= 0.3 is 0 Å². The molecule has 3 aromatic rings. The van der Waals surface area contributed by atoms with Crippen molar-refractivity contribution >= 4 is 5.90 Å². The van der Waals surface area contributed by atoms with Gasteiger partial charge in [-0.3, -0.25) is 0 Å². The predicted octanol–water partition coefficient (Wildman–Crippen LogP) is 4.95. The SMILES string of the molecule is c1ccc(C2=N[C@H](c3ccccc3)[C@@H](c3ccccc3)O2)cc1. The molecule has 0 spiro atoms. The van der Waals surface area contributed by atoms with E-state index in [0.717, 1.165) is 11.1 Å². The van der Waals surface area contributed by atoms with Gasteiger partial charge in [0.25, 0.3) is 0 Å². The lowest BCUT2D eigenvalue weighted by Gasteiger charge is -2.18. The van der Waals surface area contributed by atoms with Gasteiger partial charge in [0.05, 0.1) is 0 Å². The molecule has 0 aromatic heterocycles. The summed E-state index contributed by atoms with van der Waals surface area (Å²) in [7, 11) is 0. The van der Waals surface area contributed by atoms with Crippen LogP contribution in [0.5, 0.6) is 0 Å². The van der Waals surface area contributed by atoms with Crippen LogP contribution in [-0.4, -0.2) is 5.90 Å². The van der Waals surface area contributed by atoms with Gasteiger partial charge in [0.1, 0.15) is 6.04 Å². The van der Waals surface area contributed by atoms with Crippen LogP contribution in [0.15, 0.2) is 96.0 Å². The van der Waals surface area contributed by atoms with Crippen molar-refractivity contribution in [1.82, 2.24) is 0 Å². The molecule has 1 aliphatic rings. The molecule has 2 atom stereocenters. The van der Waals surface area contributed by atoms with Crippen molar-refractivity contribution in [1.29, 1.82) is 0 Å². The predicted molar refractivity (Wildman–Crippen MR) is 92.4 cm³/mol. The second-order valence-electron chi connectivity index (χ2n) is 5.60. The molecule has 2 nitrogen and oxygen atoms in total.